The number of nitrogens with one attached hydrogen (secondary N) is 1. The van der Waals surface area contributed by atoms with Crippen LogP contribution in [0.1, 0.15) is 24.4 Å². The van der Waals surface area contributed by atoms with Crippen LogP contribution in [0.2, 0.25) is 0 Å². The summed E-state index contributed by atoms with van der Waals surface area (Å²) in [6.07, 6.45) is -3.41. The van der Waals surface area contributed by atoms with Crippen LogP contribution in [-0.2, 0) is 17.5 Å². The van der Waals surface area contributed by atoms with Crippen LogP contribution in [0.3, 0.4) is 0 Å². The van der Waals surface area contributed by atoms with E-state index in [1.807, 2.05) is 30.3 Å². The Balaban J connectivity index is 1.64. The average Bonchev–Trinajstić information content (AvgIpc) is 3.12. The van der Waals surface area contributed by atoms with Crippen molar-refractivity contribution in [3.8, 4) is 0 Å². The first kappa shape index (κ1) is 16.1. The molecular formula is C16H14F3N3O2. The number of halogens is 3. The third-order valence-corrected chi connectivity index (χ3v) is 3.49. The van der Waals surface area contributed by atoms with Crippen LogP contribution >= 0.6 is 0 Å². The SMILES string of the molecule is C[C@@H](NC(=O)Cn1ccc(C(F)(F)F)n1)c1cc2ccccc2o1. The van der Waals surface area contributed by atoms with E-state index in [2.05, 4.69) is 10.4 Å². The number of benzene rings is 1. The maximum atomic E-state index is 12.5. The van der Waals surface area contributed by atoms with Gasteiger partial charge in [-0.2, -0.15) is 18.3 Å². The molecule has 1 atom stereocenters. The average molecular weight is 337 g/mol. The van der Waals surface area contributed by atoms with Crippen LogP contribution in [0.25, 0.3) is 11.0 Å². The maximum absolute atomic E-state index is 12.5. The molecule has 0 saturated heterocycles. The molecule has 0 spiro atoms. The summed E-state index contributed by atoms with van der Waals surface area (Å²) in [4.78, 5) is 12.0. The van der Waals surface area contributed by atoms with Crippen LogP contribution in [0.4, 0.5) is 13.2 Å². The summed E-state index contributed by atoms with van der Waals surface area (Å²) >= 11 is 0. The number of hydrogen-bond donors (Lipinski definition) is 1. The van der Waals surface area contributed by atoms with E-state index in [0.717, 1.165) is 22.3 Å². The minimum Gasteiger partial charge on any atom is -0.459 e. The van der Waals surface area contributed by atoms with Crippen molar-refractivity contribution in [3.05, 3.63) is 54.0 Å². The highest BCUT2D eigenvalue weighted by atomic mass is 19.4. The molecule has 0 bridgehead atoms. The number of amides is 1. The molecule has 0 saturated carbocycles. The molecule has 0 aliphatic heterocycles. The highest BCUT2D eigenvalue weighted by Gasteiger charge is 2.33. The molecule has 126 valence electrons. The van der Waals surface area contributed by atoms with Crippen molar-refractivity contribution in [1.29, 1.82) is 0 Å². The summed E-state index contributed by atoms with van der Waals surface area (Å²) in [5.41, 5.74) is -0.323. The highest BCUT2D eigenvalue weighted by Crippen LogP contribution is 2.27. The molecule has 0 fully saturated rings. The third-order valence-electron chi connectivity index (χ3n) is 3.49. The lowest BCUT2D eigenvalue weighted by atomic mass is 10.2. The highest BCUT2D eigenvalue weighted by molar-refractivity contribution is 5.79. The molecule has 3 rings (SSSR count). The summed E-state index contributed by atoms with van der Waals surface area (Å²) < 4.78 is 44.0. The molecule has 5 nitrogen and oxygen atoms in total. The van der Waals surface area contributed by atoms with Crippen molar-refractivity contribution < 1.29 is 22.4 Å². The van der Waals surface area contributed by atoms with Gasteiger partial charge in [-0.3, -0.25) is 9.48 Å². The molecule has 0 aliphatic rings. The Bertz CT molecular complexity index is 834. The topological polar surface area (TPSA) is 60.1 Å². The van der Waals surface area contributed by atoms with Gasteiger partial charge in [-0.1, -0.05) is 18.2 Å². The number of fused-ring (bicyclic) bond motifs is 1. The van der Waals surface area contributed by atoms with Crippen molar-refractivity contribution in [2.45, 2.75) is 25.7 Å². The van der Waals surface area contributed by atoms with Gasteiger partial charge >= 0.3 is 6.18 Å². The number of hydrogen-bond acceptors (Lipinski definition) is 3. The van der Waals surface area contributed by atoms with E-state index < -0.39 is 23.8 Å². The van der Waals surface area contributed by atoms with Gasteiger partial charge in [-0.15, -0.1) is 0 Å². The molecular weight excluding hydrogens is 323 g/mol. The lowest BCUT2D eigenvalue weighted by Gasteiger charge is -2.11. The number of aromatic nitrogens is 2. The van der Waals surface area contributed by atoms with Gasteiger partial charge in [0.15, 0.2) is 5.69 Å². The summed E-state index contributed by atoms with van der Waals surface area (Å²) in [6.45, 7) is 1.43. The molecule has 1 aromatic carbocycles. The van der Waals surface area contributed by atoms with Crippen LogP contribution in [-0.4, -0.2) is 15.7 Å². The molecule has 1 amide bonds. The molecule has 8 heteroatoms. The summed E-state index contributed by atoms with van der Waals surface area (Å²) in [5.74, 6) is 0.112. The molecule has 0 unspecified atom stereocenters. The number of alkyl halides is 3. The van der Waals surface area contributed by atoms with Gasteiger partial charge in [0.05, 0.1) is 6.04 Å². The fourth-order valence-corrected chi connectivity index (χ4v) is 2.32. The number of nitrogens with zero attached hydrogens (tertiary/aromatic N) is 2. The van der Waals surface area contributed by atoms with E-state index in [-0.39, 0.29) is 6.54 Å². The summed E-state index contributed by atoms with van der Waals surface area (Å²) in [7, 11) is 0. The van der Waals surface area contributed by atoms with Crippen LogP contribution < -0.4 is 5.32 Å². The molecule has 1 N–H and O–H groups in total. The Labute approximate surface area is 135 Å². The Morgan fingerprint density at radius 1 is 1.33 bits per heavy atom. The second-order valence-corrected chi connectivity index (χ2v) is 5.37. The number of furan rings is 1. The van der Waals surface area contributed by atoms with E-state index in [1.165, 1.54) is 0 Å². The van der Waals surface area contributed by atoms with Crippen molar-refractivity contribution >= 4 is 16.9 Å². The number of carbonyl (C=O) groups is 1. The van der Waals surface area contributed by atoms with Gasteiger partial charge in [-0.25, -0.2) is 0 Å². The summed E-state index contributed by atoms with van der Waals surface area (Å²) in [6, 6.07) is 9.65. The Morgan fingerprint density at radius 3 is 2.75 bits per heavy atom. The second kappa shape index (κ2) is 6.03. The zero-order valence-electron chi connectivity index (χ0n) is 12.7. The molecule has 2 aromatic heterocycles. The Morgan fingerprint density at radius 2 is 2.08 bits per heavy atom. The zero-order valence-corrected chi connectivity index (χ0v) is 12.7. The van der Waals surface area contributed by atoms with E-state index >= 15 is 0 Å². The van der Waals surface area contributed by atoms with Gasteiger partial charge in [0, 0.05) is 11.6 Å². The van der Waals surface area contributed by atoms with Crippen LogP contribution in [0.5, 0.6) is 0 Å². The van der Waals surface area contributed by atoms with Gasteiger partial charge in [0.2, 0.25) is 5.91 Å². The standard InChI is InChI=1S/C16H14F3N3O2/c1-10(13-8-11-4-2-3-5-12(11)24-13)20-15(23)9-22-7-6-14(21-22)16(17,18)19/h2-8,10H,9H2,1H3,(H,20,23)/t10-/m1/s1. The van der Waals surface area contributed by atoms with E-state index in [0.29, 0.717) is 11.3 Å². The first-order chi connectivity index (χ1) is 11.3. The normalized spacial score (nSPS) is 13.2. The summed E-state index contributed by atoms with van der Waals surface area (Å²) in [5, 5.41) is 6.94. The zero-order chi connectivity index (χ0) is 17.3. The van der Waals surface area contributed by atoms with Gasteiger partial charge < -0.3 is 9.73 Å². The minimum atomic E-state index is -4.52. The van der Waals surface area contributed by atoms with Crippen molar-refractivity contribution in [2.75, 3.05) is 0 Å². The van der Waals surface area contributed by atoms with Gasteiger partial charge in [-0.05, 0) is 25.1 Å². The fourth-order valence-electron chi connectivity index (χ4n) is 2.32. The fraction of sp³-hybridized carbons (Fsp3) is 0.250. The van der Waals surface area contributed by atoms with Crippen LogP contribution in [0.15, 0.2) is 47.0 Å². The smallest absolute Gasteiger partial charge is 0.435 e. The number of rotatable bonds is 4. The molecule has 3 aromatic rings. The van der Waals surface area contributed by atoms with Crippen molar-refractivity contribution in [1.82, 2.24) is 15.1 Å². The third kappa shape index (κ3) is 3.42. The first-order valence-corrected chi connectivity index (χ1v) is 7.21. The second-order valence-electron chi connectivity index (χ2n) is 5.37. The predicted octanol–water partition coefficient (Wildman–Crippen LogP) is 3.53. The van der Waals surface area contributed by atoms with E-state index in [4.69, 9.17) is 4.42 Å². The van der Waals surface area contributed by atoms with Crippen molar-refractivity contribution in [2.24, 2.45) is 0 Å². The molecule has 0 aliphatic carbocycles. The first-order valence-electron chi connectivity index (χ1n) is 7.21. The monoisotopic (exact) mass is 337 g/mol. The van der Waals surface area contributed by atoms with E-state index in [9.17, 15) is 18.0 Å². The molecule has 2 heterocycles. The number of carbonyl (C=O) groups excluding carboxylic acids is 1. The lowest BCUT2D eigenvalue weighted by molar-refractivity contribution is -0.141. The van der Waals surface area contributed by atoms with Gasteiger partial charge in [0.25, 0.3) is 0 Å². The predicted molar refractivity (Wildman–Crippen MR) is 80.0 cm³/mol. The quantitative estimate of drug-likeness (QED) is 0.792. The Hall–Kier alpha value is -2.77. The van der Waals surface area contributed by atoms with Crippen molar-refractivity contribution in [3.63, 3.8) is 0 Å². The molecule has 0 radical (unpaired) electrons. The van der Waals surface area contributed by atoms with E-state index in [1.54, 1.807) is 6.92 Å². The minimum absolute atomic E-state index is 0.305. The van der Waals surface area contributed by atoms with Crippen LogP contribution in [0, 0.1) is 0 Å². The molecule has 24 heavy (non-hydrogen) atoms. The maximum Gasteiger partial charge on any atom is 0.435 e. The largest absolute Gasteiger partial charge is 0.459 e. The lowest BCUT2D eigenvalue weighted by Crippen LogP contribution is -2.30. The Kier molecular flexibility index (Phi) is 4.04. The number of para-hydroxylation sites is 1. The van der Waals surface area contributed by atoms with Gasteiger partial charge in [0.1, 0.15) is 17.9 Å².